The first-order valence-corrected chi connectivity index (χ1v) is 6.77. The number of hydrogen-bond acceptors (Lipinski definition) is 2. The van der Waals surface area contributed by atoms with Crippen molar-refractivity contribution >= 4 is 11.9 Å². The van der Waals surface area contributed by atoms with E-state index in [9.17, 15) is 9.59 Å². The minimum absolute atomic E-state index is 0.0198. The minimum Gasteiger partial charge on any atom is -0.480 e. The van der Waals surface area contributed by atoms with Crippen molar-refractivity contribution in [2.45, 2.75) is 65.8 Å². The lowest BCUT2D eigenvalue weighted by Crippen LogP contribution is -2.50. The predicted octanol–water partition coefficient (Wildman–Crippen LogP) is 2.91. The van der Waals surface area contributed by atoms with Crippen molar-refractivity contribution in [1.29, 1.82) is 0 Å². The van der Waals surface area contributed by atoms with Gasteiger partial charge < -0.3 is 10.0 Å². The highest BCUT2D eigenvalue weighted by molar-refractivity contribution is 5.83. The Morgan fingerprint density at radius 1 is 1.11 bits per heavy atom. The lowest BCUT2D eigenvalue weighted by atomic mass is 9.94. The molecule has 0 fully saturated rings. The van der Waals surface area contributed by atoms with Gasteiger partial charge in [0, 0.05) is 11.5 Å². The summed E-state index contributed by atoms with van der Waals surface area (Å²) in [4.78, 5) is 24.9. The van der Waals surface area contributed by atoms with Crippen molar-refractivity contribution in [3.8, 4) is 0 Å². The van der Waals surface area contributed by atoms with Gasteiger partial charge in [-0.05, 0) is 33.6 Å². The van der Waals surface area contributed by atoms with Crippen LogP contribution in [0.2, 0.25) is 0 Å². The summed E-state index contributed by atoms with van der Waals surface area (Å²) in [7, 11) is 0. The van der Waals surface area contributed by atoms with Crippen molar-refractivity contribution in [1.82, 2.24) is 4.90 Å². The third-order valence-corrected chi connectivity index (χ3v) is 2.99. The van der Waals surface area contributed by atoms with Crippen LogP contribution in [0.1, 0.15) is 60.3 Å². The fraction of sp³-hybridized carbons (Fsp3) is 0.857. The van der Waals surface area contributed by atoms with Crippen LogP contribution >= 0.6 is 0 Å². The van der Waals surface area contributed by atoms with E-state index in [-0.39, 0.29) is 18.4 Å². The van der Waals surface area contributed by atoms with Crippen LogP contribution in [0.5, 0.6) is 0 Å². The number of carboxylic acids is 1. The monoisotopic (exact) mass is 257 g/mol. The second-order valence-electron chi connectivity index (χ2n) is 5.76. The molecule has 4 nitrogen and oxygen atoms in total. The number of carboxylic acid groups (broad SMARTS) is 1. The Kier molecular flexibility index (Phi) is 6.96. The quantitative estimate of drug-likeness (QED) is 0.763. The van der Waals surface area contributed by atoms with Gasteiger partial charge in [0.25, 0.3) is 0 Å². The summed E-state index contributed by atoms with van der Waals surface area (Å²) in [6.45, 7) is 9.52. The highest BCUT2D eigenvalue weighted by Crippen LogP contribution is 2.22. The standard InChI is InChI=1S/C14H27NO3/c1-6-8-11(9-7-2)13(18)15(10-12(16)17)14(3,4)5/h11H,6-10H2,1-5H3,(H,16,17). The zero-order valence-electron chi connectivity index (χ0n) is 12.3. The van der Waals surface area contributed by atoms with Crippen LogP contribution in [0.25, 0.3) is 0 Å². The molecule has 0 radical (unpaired) electrons. The summed E-state index contributed by atoms with van der Waals surface area (Å²) < 4.78 is 0. The van der Waals surface area contributed by atoms with E-state index in [1.54, 1.807) is 0 Å². The van der Waals surface area contributed by atoms with Crippen molar-refractivity contribution < 1.29 is 14.7 Å². The van der Waals surface area contributed by atoms with Gasteiger partial charge >= 0.3 is 5.97 Å². The average molecular weight is 257 g/mol. The third kappa shape index (κ3) is 5.52. The van der Waals surface area contributed by atoms with Gasteiger partial charge in [-0.15, -0.1) is 0 Å². The fourth-order valence-corrected chi connectivity index (χ4v) is 2.09. The second kappa shape index (κ2) is 7.39. The first-order chi connectivity index (χ1) is 8.23. The molecular weight excluding hydrogens is 230 g/mol. The van der Waals surface area contributed by atoms with Crippen molar-refractivity contribution in [2.24, 2.45) is 5.92 Å². The van der Waals surface area contributed by atoms with Crippen LogP contribution in [-0.4, -0.2) is 34.0 Å². The highest BCUT2D eigenvalue weighted by Gasteiger charge is 2.32. The molecule has 0 saturated carbocycles. The van der Waals surface area contributed by atoms with Gasteiger partial charge in [-0.3, -0.25) is 9.59 Å². The maximum Gasteiger partial charge on any atom is 0.323 e. The zero-order chi connectivity index (χ0) is 14.3. The number of aliphatic carboxylic acids is 1. The van der Waals surface area contributed by atoms with E-state index in [4.69, 9.17) is 5.11 Å². The Labute approximate surface area is 110 Å². The molecule has 0 aromatic heterocycles. The molecule has 0 bridgehead atoms. The van der Waals surface area contributed by atoms with Crippen LogP contribution < -0.4 is 0 Å². The first kappa shape index (κ1) is 16.9. The number of hydrogen-bond donors (Lipinski definition) is 1. The summed E-state index contributed by atoms with van der Waals surface area (Å²) in [5.41, 5.74) is -0.449. The van der Waals surface area contributed by atoms with E-state index in [0.29, 0.717) is 0 Å². The largest absolute Gasteiger partial charge is 0.480 e. The van der Waals surface area contributed by atoms with E-state index in [1.807, 2.05) is 20.8 Å². The number of carbonyl (C=O) groups excluding carboxylic acids is 1. The van der Waals surface area contributed by atoms with Crippen LogP contribution in [0, 0.1) is 5.92 Å². The van der Waals surface area contributed by atoms with E-state index < -0.39 is 11.5 Å². The minimum atomic E-state index is -0.954. The average Bonchev–Trinajstić information content (AvgIpc) is 2.23. The predicted molar refractivity (Wildman–Crippen MR) is 72.4 cm³/mol. The number of amides is 1. The molecule has 1 N–H and O–H groups in total. The van der Waals surface area contributed by atoms with Gasteiger partial charge in [0.2, 0.25) is 5.91 Å². The number of carbonyl (C=O) groups is 2. The maximum atomic E-state index is 12.5. The Morgan fingerprint density at radius 2 is 1.56 bits per heavy atom. The second-order valence-corrected chi connectivity index (χ2v) is 5.76. The van der Waals surface area contributed by atoms with Crippen molar-refractivity contribution in [2.75, 3.05) is 6.54 Å². The van der Waals surface area contributed by atoms with Crippen LogP contribution in [-0.2, 0) is 9.59 Å². The maximum absolute atomic E-state index is 12.5. The molecule has 0 rings (SSSR count). The lowest BCUT2D eigenvalue weighted by Gasteiger charge is -2.37. The summed E-state index contributed by atoms with van der Waals surface area (Å²) in [5.74, 6) is -1.02. The highest BCUT2D eigenvalue weighted by atomic mass is 16.4. The molecule has 0 spiro atoms. The molecule has 0 aliphatic rings. The van der Waals surface area contributed by atoms with E-state index >= 15 is 0 Å². The normalized spacial score (nSPS) is 11.7. The summed E-state index contributed by atoms with van der Waals surface area (Å²) in [5, 5.41) is 8.94. The molecule has 0 atom stereocenters. The fourth-order valence-electron chi connectivity index (χ4n) is 2.09. The summed E-state index contributed by atoms with van der Waals surface area (Å²) in [6, 6.07) is 0. The Morgan fingerprint density at radius 3 is 1.83 bits per heavy atom. The lowest BCUT2D eigenvalue weighted by molar-refractivity contribution is -0.150. The van der Waals surface area contributed by atoms with Crippen LogP contribution in [0.3, 0.4) is 0 Å². The molecule has 106 valence electrons. The van der Waals surface area contributed by atoms with E-state index in [2.05, 4.69) is 13.8 Å². The van der Waals surface area contributed by atoms with Crippen LogP contribution in [0.4, 0.5) is 0 Å². The molecule has 1 amide bonds. The van der Waals surface area contributed by atoms with E-state index in [0.717, 1.165) is 25.7 Å². The van der Waals surface area contributed by atoms with Gasteiger partial charge in [-0.2, -0.15) is 0 Å². The topological polar surface area (TPSA) is 57.6 Å². The molecule has 0 heterocycles. The molecule has 4 heteroatoms. The molecule has 0 aromatic rings. The van der Waals surface area contributed by atoms with Crippen LogP contribution in [0.15, 0.2) is 0 Å². The van der Waals surface area contributed by atoms with Gasteiger partial charge in [-0.25, -0.2) is 0 Å². The Hall–Kier alpha value is -1.06. The molecule has 0 aromatic carbocycles. The summed E-state index contributed by atoms with van der Waals surface area (Å²) in [6.07, 6.45) is 3.56. The molecule has 0 aliphatic heterocycles. The third-order valence-electron chi connectivity index (χ3n) is 2.99. The van der Waals surface area contributed by atoms with Gasteiger partial charge in [0.15, 0.2) is 0 Å². The molecule has 0 saturated heterocycles. The van der Waals surface area contributed by atoms with Crippen molar-refractivity contribution in [3.05, 3.63) is 0 Å². The van der Waals surface area contributed by atoms with Crippen molar-refractivity contribution in [3.63, 3.8) is 0 Å². The molecule has 0 aliphatic carbocycles. The molecule has 0 unspecified atom stereocenters. The summed E-state index contributed by atoms with van der Waals surface area (Å²) >= 11 is 0. The molecular formula is C14H27NO3. The first-order valence-electron chi connectivity index (χ1n) is 6.77. The SMILES string of the molecule is CCCC(CCC)C(=O)N(CC(=O)O)C(C)(C)C. The number of rotatable bonds is 7. The Balaban J connectivity index is 4.96. The van der Waals surface area contributed by atoms with Gasteiger partial charge in [0.1, 0.15) is 6.54 Å². The zero-order valence-corrected chi connectivity index (χ0v) is 12.3. The van der Waals surface area contributed by atoms with Gasteiger partial charge in [-0.1, -0.05) is 26.7 Å². The Bertz CT molecular complexity index is 275. The number of nitrogens with zero attached hydrogens (tertiary/aromatic N) is 1. The smallest absolute Gasteiger partial charge is 0.323 e. The molecule has 18 heavy (non-hydrogen) atoms. The van der Waals surface area contributed by atoms with Gasteiger partial charge in [0.05, 0.1) is 0 Å². The van der Waals surface area contributed by atoms with E-state index in [1.165, 1.54) is 4.90 Å².